The van der Waals surface area contributed by atoms with Crippen LogP contribution in [0.4, 0.5) is 0 Å². The van der Waals surface area contributed by atoms with Crippen molar-refractivity contribution in [3.05, 3.63) is 52.2 Å². The van der Waals surface area contributed by atoms with Crippen molar-refractivity contribution < 1.29 is 17.9 Å². The van der Waals surface area contributed by atoms with E-state index in [0.717, 1.165) is 4.88 Å². The first-order chi connectivity index (χ1) is 10.4. The lowest BCUT2D eigenvalue weighted by Gasteiger charge is -2.13. The minimum atomic E-state index is -3.64. The second-order valence-corrected chi connectivity index (χ2v) is 7.30. The second-order valence-electron chi connectivity index (χ2n) is 4.60. The molecule has 22 heavy (non-hydrogen) atoms. The first-order valence-electron chi connectivity index (χ1n) is 6.77. The van der Waals surface area contributed by atoms with E-state index in [4.69, 9.17) is 4.74 Å². The van der Waals surface area contributed by atoms with E-state index in [0.29, 0.717) is 5.56 Å². The number of hydrogen-bond acceptors (Lipinski definition) is 5. The number of benzene rings is 1. The van der Waals surface area contributed by atoms with Crippen LogP contribution in [-0.2, 0) is 14.8 Å². The summed E-state index contributed by atoms with van der Waals surface area (Å²) in [5.41, 5.74) is 0.326. The van der Waals surface area contributed by atoms with Crippen LogP contribution in [-0.4, -0.2) is 21.0 Å². The number of carbonyl (C=O) groups excluding carboxylic acids is 1. The Hall–Kier alpha value is -1.70. The molecule has 2 aromatic rings. The van der Waals surface area contributed by atoms with Crippen LogP contribution in [0.1, 0.15) is 35.1 Å². The predicted molar refractivity (Wildman–Crippen MR) is 85.5 cm³/mol. The molecule has 0 fully saturated rings. The Morgan fingerprint density at radius 1 is 1.27 bits per heavy atom. The van der Waals surface area contributed by atoms with Crippen molar-refractivity contribution in [1.82, 2.24) is 4.72 Å². The van der Waals surface area contributed by atoms with Crippen molar-refractivity contribution in [3.63, 3.8) is 0 Å². The van der Waals surface area contributed by atoms with E-state index in [9.17, 15) is 13.2 Å². The van der Waals surface area contributed by atoms with Gasteiger partial charge in [-0.1, -0.05) is 6.07 Å². The molecule has 1 N–H and O–H groups in total. The molecule has 0 spiro atoms. The van der Waals surface area contributed by atoms with Gasteiger partial charge in [0.25, 0.3) is 0 Å². The fourth-order valence-electron chi connectivity index (χ4n) is 1.88. The molecular formula is C15H17NO4S2. The zero-order chi connectivity index (χ0) is 16.2. The molecule has 1 heterocycles. The number of esters is 1. The van der Waals surface area contributed by atoms with Crippen LogP contribution >= 0.6 is 11.3 Å². The minimum Gasteiger partial charge on any atom is -0.462 e. The zero-order valence-electron chi connectivity index (χ0n) is 12.3. The summed E-state index contributed by atoms with van der Waals surface area (Å²) in [5, 5.41) is 1.90. The molecule has 0 amide bonds. The summed E-state index contributed by atoms with van der Waals surface area (Å²) < 4.78 is 32.1. The third kappa shape index (κ3) is 3.94. The maximum Gasteiger partial charge on any atom is 0.338 e. The van der Waals surface area contributed by atoms with Gasteiger partial charge in [-0.2, -0.15) is 0 Å². The average Bonchev–Trinajstić information content (AvgIpc) is 3.01. The van der Waals surface area contributed by atoms with E-state index in [1.54, 1.807) is 13.8 Å². The van der Waals surface area contributed by atoms with Gasteiger partial charge in [-0.05, 0) is 49.6 Å². The Balaban J connectivity index is 2.14. The Morgan fingerprint density at radius 3 is 2.50 bits per heavy atom. The molecule has 118 valence electrons. The highest BCUT2D eigenvalue weighted by Gasteiger charge is 2.19. The summed E-state index contributed by atoms with van der Waals surface area (Å²) in [6.45, 7) is 3.78. The number of sulfonamides is 1. The summed E-state index contributed by atoms with van der Waals surface area (Å²) >= 11 is 1.49. The topological polar surface area (TPSA) is 72.5 Å². The van der Waals surface area contributed by atoms with Gasteiger partial charge in [0.15, 0.2) is 0 Å². The van der Waals surface area contributed by atoms with Gasteiger partial charge >= 0.3 is 5.97 Å². The van der Waals surface area contributed by atoms with Crippen LogP contribution in [0.15, 0.2) is 46.7 Å². The minimum absolute atomic E-state index is 0.115. The normalized spacial score (nSPS) is 12.8. The lowest BCUT2D eigenvalue weighted by molar-refractivity contribution is 0.0526. The number of rotatable bonds is 6. The van der Waals surface area contributed by atoms with Gasteiger partial charge in [0.05, 0.1) is 23.1 Å². The lowest BCUT2D eigenvalue weighted by Crippen LogP contribution is -2.26. The van der Waals surface area contributed by atoms with E-state index >= 15 is 0 Å². The van der Waals surface area contributed by atoms with E-state index in [2.05, 4.69) is 4.72 Å². The molecule has 1 aromatic heterocycles. The summed E-state index contributed by atoms with van der Waals surface area (Å²) in [6, 6.07) is 9.13. The molecule has 1 aromatic carbocycles. The van der Waals surface area contributed by atoms with Gasteiger partial charge < -0.3 is 4.74 Å². The third-order valence-corrected chi connectivity index (χ3v) is 5.59. The molecule has 0 aliphatic carbocycles. The monoisotopic (exact) mass is 339 g/mol. The van der Waals surface area contributed by atoms with E-state index < -0.39 is 16.0 Å². The van der Waals surface area contributed by atoms with Gasteiger partial charge in [-0.15, -0.1) is 11.3 Å². The number of hydrogen-bond donors (Lipinski definition) is 1. The Morgan fingerprint density at radius 2 is 1.95 bits per heavy atom. The standard InChI is InChI=1S/C15H17NO4S2/c1-3-20-15(17)12-6-8-13(9-7-12)22(18,19)16-11(2)14-5-4-10-21-14/h4-11,16H,3H2,1-2H3/t11-/m1/s1. The summed E-state index contributed by atoms with van der Waals surface area (Å²) in [6.07, 6.45) is 0. The first-order valence-corrected chi connectivity index (χ1v) is 9.13. The van der Waals surface area contributed by atoms with Crippen LogP contribution in [0.3, 0.4) is 0 Å². The van der Waals surface area contributed by atoms with Crippen molar-refractivity contribution in [2.75, 3.05) is 6.61 Å². The third-order valence-electron chi connectivity index (χ3n) is 2.98. The molecule has 0 bridgehead atoms. The first kappa shape index (κ1) is 16.7. The molecule has 0 radical (unpaired) electrons. The molecule has 1 atom stereocenters. The van der Waals surface area contributed by atoms with Crippen molar-refractivity contribution in [1.29, 1.82) is 0 Å². The highest BCUT2D eigenvalue weighted by atomic mass is 32.2. The van der Waals surface area contributed by atoms with Gasteiger partial charge in [0.1, 0.15) is 0 Å². The average molecular weight is 339 g/mol. The largest absolute Gasteiger partial charge is 0.462 e. The quantitative estimate of drug-likeness (QED) is 0.821. The van der Waals surface area contributed by atoms with Gasteiger partial charge in [0, 0.05) is 4.88 Å². The summed E-state index contributed by atoms with van der Waals surface area (Å²) in [4.78, 5) is 12.6. The number of nitrogens with one attached hydrogen (secondary N) is 1. The van der Waals surface area contributed by atoms with E-state index in [1.807, 2.05) is 17.5 Å². The number of thiophene rings is 1. The van der Waals surface area contributed by atoms with Crippen molar-refractivity contribution >= 4 is 27.3 Å². The molecule has 2 rings (SSSR count). The molecular weight excluding hydrogens is 322 g/mol. The number of ether oxygens (including phenoxy) is 1. The predicted octanol–water partition coefficient (Wildman–Crippen LogP) is 2.96. The van der Waals surface area contributed by atoms with Crippen LogP contribution < -0.4 is 4.72 Å². The maximum absolute atomic E-state index is 12.3. The lowest BCUT2D eigenvalue weighted by atomic mass is 10.2. The summed E-state index contributed by atoms with van der Waals surface area (Å²) in [7, 11) is -3.64. The second kappa shape index (κ2) is 7.04. The Labute approximate surface area is 134 Å². The van der Waals surface area contributed by atoms with Gasteiger partial charge in [0.2, 0.25) is 10.0 Å². The van der Waals surface area contributed by atoms with Gasteiger partial charge in [-0.3, -0.25) is 0 Å². The fourth-order valence-corrected chi connectivity index (χ4v) is 3.91. The van der Waals surface area contributed by atoms with E-state index in [-0.39, 0.29) is 17.5 Å². The van der Waals surface area contributed by atoms with Crippen LogP contribution in [0, 0.1) is 0 Å². The van der Waals surface area contributed by atoms with Crippen LogP contribution in [0.2, 0.25) is 0 Å². The SMILES string of the molecule is CCOC(=O)c1ccc(S(=O)(=O)N[C@H](C)c2cccs2)cc1. The molecule has 5 nitrogen and oxygen atoms in total. The smallest absolute Gasteiger partial charge is 0.338 e. The highest BCUT2D eigenvalue weighted by molar-refractivity contribution is 7.89. The molecule has 0 saturated carbocycles. The Kier molecular flexibility index (Phi) is 5.33. The highest BCUT2D eigenvalue weighted by Crippen LogP contribution is 2.21. The van der Waals surface area contributed by atoms with Crippen LogP contribution in [0.5, 0.6) is 0 Å². The van der Waals surface area contributed by atoms with Crippen molar-refractivity contribution in [2.45, 2.75) is 24.8 Å². The maximum atomic E-state index is 12.3. The number of carbonyl (C=O) groups is 1. The van der Waals surface area contributed by atoms with Gasteiger partial charge in [-0.25, -0.2) is 17.9 Å². The molecule has 7 heteroatoms. The van der Waals surface area contributed by atoms with Crippen LogP contribution in [0.25, 0.3) is 0 Å². The van der Waals surface area contributed by atoms with Crippen molar-refractivity contribution in [2.24, 2.45) is 0 Å². The fraction of sp³-hybridized carbons (Fsp3) is 0.267. The Bertz CT molecular complexity index is 721. The summed E-state index contributed by atoms with van der Waals surface area (Å²) in [5.74, 6) is -0.466. The molecule has 0 aliphatic heterocycles. The molecule has 0 unspecified atom stereocenters. The zero-order valence-corrected chi connectivity index (χ0v) is 13.9. The molecule has 0 saturated heterocycles. The molecule has 0 aliphatic rings. The van der Waals surface area contributed by atoms with Crippen molar-refractivity contribution in [3.8, 4) is 0 Å². The van der Waals surface area contributed by atoms with E-state index in [1.165, 1.54) is 35.6 Å².